The van der Waals surface area contributed by atoms with Gasteiger partial charge in [0.05, 0.1) is 0 Å². The lowest BCUT2D eigenvalue weighted by atomic mass is 10.2. The number of carboxylic acids is 1. The van der Waals surface area contributed by atoms with Crippen molar-refractivity contribution in [1.29, 1.82) is 0 Å². The third kappa shape index (κ3) is 3.38. The van der Waals surface area contributed by atoms with Gasteiger partial charge in [-0.15, -0.1) is 0 Å². The summed E-state index contributed by atoms with van der Waals surface area (Å²) in [7, 11) is 0. The Morgan fingerprint density at radius 1 is 1.62 bits per heavy atom. The van der Waals surface area contributed by atoms with Gasteiger partial charge in [0.15, 0.2) is 0 Å². The smallest absolute Gasteiger partial charge is 0.326 e. The van der Waals surface area contributed by atoms with E-state index in [2.05, 4.69) is 10.3 Å². The summed E-state index contributed by atoms with van der Waals surface area (Å²) >= 11 is 0. The standard InChI is InChI=1S/C10H15N3O3/c1-7-11-4-6-13(7)5-3-9(10(15)16)12-8(2)14/h4,6,9H,3,5H2,1-2H3,(H,12,14)(H,15,16). The Morgan fingerprint density at radius 3 is 2.75 bits per heavy atom. The third-order valence-corrected chi connectivity index (χ3v) is 2.26. The molecule has 1 atom stereocenters. The number of imidazole rings is 1. The molecule has 1 unspecified atom stereocenters. The summed E-state index contributed by atoms with van der Waals surface area (Å²) < 4.78 is 1.84. The van der Waals surface area contributed by atoms with E-state index in [1.807, 2.05) is 11.5 Å². The normalized spacial score (nSPS) is 12.1. The quantitative estimate of drug-likeness (QED) is 0.748. The van der Waals surface area contributed by atoms with E-state index in [0.717, 1.165) is 5.82 Å². The summed E-state index contributed by atoms with van der Waals surface area (Å²) in [5.74, 6) is -0.533. The van der Waals surface area contributed by atoms with Crippen molar-refractivity contribution in [3.05, 3.63) is 18.2 Å². The highest BCUT2D eigenvalue weighted by molar-refractivity contribution is 5.81. The fraction of sp³-hybridized carbons (Fsp3) is 0.500. The molecule has 0 saturated heterocycles. The van der Waals surface area contributed by atoms with Gasteiger partial charge in [-0.25, -0.2) is 9.78 Å². The van der Waals surface area contributed by atoms with Crippen LogP contribution in [0, 0.1) is 6.92 Å². The van der Waals surface area contributed by atoms with Crippen molar-refractivity contribution in [2.45, 2.75) is 32.9 Å². The topological polar surface area (TPSA) is 84.2 Å². The van der Waals surface area contributed by atoms with Gasteiger partial charge in [0, 0.05) is 25.9 Å². The predicted octanol–water partition coefficient (Wildman–Crippen LogP) is 0.171. The number of aromatic nitrogens is 2. The summed E-state index contributed by atoms with van der Waals surface area (Å²) in [6.07, 6.45) is 3.78. The van der Waals surface area contributed by atoms with Crippen LogP contribution >= 0.6 is 0 Å². The van der Waals surface area contributed by atoms with Crippen LogP contribution in [0.5, 0.6) is 0 Å². The number of nitrogens with zero attached hydrogens (tertiary/aromatic N) is 2. The Labute approximate surface area is 93.3 Å². The van der Waals surface area contributed by atoms with Gasteiger partial charge in [-0.2, -0.15) is 0 Å². The van der Waals surface area contributed by atoms with Crippen LogP contribution in [0.4, 0.5) is 0 Å². The predicted molar refractivity (Wildman–Crippen MR) is 56.8 cm³/mol. The molecule has 1 aromatic rings. The zero-order chi connectivity index (χ0) is 12.1. The molecule has 2 N–H and O–H groups in total. The Morgan fingerprint density at radius 2 is 2.31 bits per heavy atom. The van der Waals surface area contributed by atoms with Gasteiger partial charge in [0.2, 0.25) is 5.91 Å². The molecular formula is C10H15N3O3. The first kappa shape index (κ1) is 12.2. The third-order valence-electron chi connectivity index (χ3n) is 2.26. The van der Waals surface area contributed by atoms with Crippen LogP contribution < -0.4 is 5.32 Å². The van der Waals surface area contributed by atoms with Crippen molar-refractivity contribution < 1.29 is 14.7 Å². The number of hydrogen-bond acceptors (Lipinski definition) is 3. The molecule has 1 amide bonds. The first-order valence-corrected chi connectivity index (χ1v) is 4.98. The van der Waals surface area contributed by atoms with Crippen molar-refractivity contribution in [2.24, 2.45) is 0 Å². The maximum atomic E-state index is 10.8. The molecule has 16 heavy (non-hydrogen) atoms. The van der Waals surface area contributed by atoms with Crippen molar-refractivity contribution in [3.8, 4) is 0 Å². The lowest BCUT2D eigenvalue weighted by Crippen LogP contribution is -2.40. The molecule has 0 aliphatic heterocycles. The number of aliphatic carboxylic acids is 1. The fourth-order valence-corrected chi connectivity index (χ4v) is 1.41. The van der Waals surface area contributed by atoms with E-state index < -0.39 is 12.0 Å². The van der Waals surface area contributed by atoms with E-state index in [-0.39, 0.29) is 5.91 Å². The molecule has 0 bridgehead atoms. The van der Waals surface area contributed by atoms with E-state index in [9.17, 15) is 9.59 Å². The molecule has 0 saturated carbocycles. The number of amides is 1. The second-order valence-corrected chi connectivity index (χ2v) is 3.55. The lowest BCUT2D eigenvalue weighted by molar-refractivity contribution is -0.141. The van der Waals surface area contributed by atoms with Crippen LogP contribution in [0.2, 0.25) is 0 Å². The highest BCUT2D eigenvalue weighted by Gasteiger charge is 2.18. The molecule has 6 heteroatoms. The molecule has 6 nitrogen and oxygen atoms in total. The maximum Gasteiger partial charge on any atom is 0.326 e. The number of carbonyl (C=O) groups excluding carboxylic acids is 1. The number of hydrogen-bond donors (Lipinski definition) is 2. The minimum Gasteiger partial charge on any atom is -0.480 e. The van der Waals surface area contributed by atoms with Gasteiger partial charge in [-0.05, 0) is 13.3 Å². The second kappa shape index (κ2) is 5.29. The van der Waals surface area contributed by atoms with Crippen LogP contribution in [0.1, 0.15) is 19.2 Å². The summed E-state index contributed by atoms with van der Waals surface area (Å²) in [5.41, 5.74) is 0. The van der Waals surface area contributed by atoms with Crippen LogP contribution in [0.25, 0.3) is 0 Å². The molecule has 0 radical (unpaired) electrons. The zero-order valence-electron chi connectivity index (χ0n) is 9.30. The Balaban J connectivity index is 2.53. The molecule has 1 aromatic heterocycles. The molecule has 1 rings (SSSR count). The first-order valence-electron chi connectivity index (χ1n) is 4.98. The largest absolute Gasteiger partial charge is 0.480 e. The second-order valence-electron chi connectivity index (χ2n) is 3.55. The number of aryl methyl sites for hydroxylation is 2. The first-order chi connectivity index (χ1) is 7.50. The Bertz CT molecular complexity index is 386. The molecule has 88 valence electrons. The van der Waals surface area contributed by atoms with Gasteiger partial charge >= 0.3 is 5.97 Å². The highest BCUT2D eigenvalue weighted by atomic mass is 16.4. The summed E-state index contributed by atoms with van der Waals surface area (Å²) in [6.45, 7) is 3.66. The van der Waals surface area contributed by atoms with E-state index in [1.54, 1.807) is 12.4 Å². The molecule has 0 spiro atoms. The van der Waals surface area contributed by atoms with Crippen molar-refractivity contribution in [2.75, 3.05) is 0 Å². The summed E-state index contributed by atoms with van der Waals surface area (Å²) in [6, 6.07) is -0.848. The summed E-state index contributed by atoms with van der Waals surface area (Å²) in [5, 5.41) is 11.3. The van der Waals surface area contributed by atoms with Gasteiger partial charge in [-0.1, -0.05) is 0 Å². The number of carbonyl (C=O) groups is 2. The molecule has 1 heterocycles. The van der Waals surface area contributed by atoms with E-state index in [0.29, 0.717) is 13.0 Å². The average Bonchev–Trinajstić information content (AvgIpc) is 2.57. The minimum atomic E-state index is -1.02. The lowest BCUT2D eigenvalue weighted by Gasteiger charge is -2.13. The van der Waals surface area contributed by atoms with Gasteiger partial charge < -0.3 is 15.0 Å². The molecule has 0 aliphatic carbocycles. The van der Waals surface area contributed by atoms with E-state index in [1.165, 1.54) is 6.92 Å². The average molecular weight is 225 g/mol. The van der Waals surface area contributed by atoms with Crippen LogP contribution in [0.15, 0.2) is 12.4 Å². The van der Waals surface area contributed by atoms with Gasteiger partial charge in [0.25, 0.3) is 0 Å². The molecule has 0 aliphatic rings. The van der Waals surface area contributed by atoms with Crippen LogP contribution in [0.3, 0.4) is 0 Å². The number of nitrogens with one attached hydrogen (secondary N) is 1. The van der Waals surface area contributed by atoms with Crippen molar-refractivity contribution in [1.82, 2.24) is 14.9 Å². The Hall–Kier alpha value is -1.85. The van der Waals surface area contributed by atoms with E-state index in [4.69, 9.17) is 5.11 Å². The Kier molecular flexibility index (Phi) is 4.04. The van der Waals surface area contributed by atoms with Crippen molar-refractivity contribution in [3.63, 3.8) is 0 Å². The molecular weight excluding hydrogens is 210 g/mol. The van der Waals surface area contributed by atoms with Gasteiger partial charge in [-0.3, -0.25) is 4.79 Å². The van der Waals surface area contributed by atoms with Gasteiger partial charge in [0.1, 0.15) is 11.9 Å². The van der Waals surface area contributed by atoms with Crippen molar-refractivity contribution >= 4 is 11.9 Å². The fourth-order valence-electron chi connectivity index (χ4n) is 1.41. The SMILES string of the molecule is CC(=O)NC(CCn1ccnc1C)C(=O)O. The number of rotatable bonds is 5. The highest BCUT2D eigenvalue weighted by Crippen LogP contribution is 2.01. The summed E-state index contributed by atoms with van der Waals surface area (Å²) in [4.78, 5) is 25.7. The number of carboxylic acid groups (broad SMARTS) is 1. The van der Waals surface area contributed by atoms with E-state index >= 15 is 0 Å². The van der Waals surface area contributed by atoms with Crippen LogP contribution in [-0.4, -0.2) is 32.6 Å². The monoisotopic (exact) mass is 225 g/mol. The van der Waals surface area contributed by atoms with Crippen LogP contribution in [-0.2, 0) is 16.1 Å². The maximum absolute atomic E-state index is 10.8. The molecule has 0 fully saturated rings. The zero-order valence-corrected chi connectivity index (χ0v) is 9.30. The minimum absolute atomic E-state index is 0.338. The molecule has 0 aromatic carbocycles.